The molecule has 0 aromatic rings. The van der Waals surface area contributed by atoms with Crippen molar-refractivity contribution in [3.63, 3.8) is 0 Å². The maximum Gasteiger partial charge on any atom is 0.283 e. The number of carbonyl (C=O) groups is 1. The van der Waals surface area contributed by atoms with Gasteiger partial charge in [0.2, 0.25) is 5.78 Å². The van der Waals surface area contributed by atoms with Gasteiger partial charge in [-0.05, 0) is 32.6 Å². The lowest BCUT2D eigenvalue weighted by molar-refractivity contribution is -0.138. The zero-order chi connectivity index (χ0) is 10.0. The molecular formula is C11H16O3. The Balaban J connectivity index is 2.06. The minimum atomic E-state index is -0.553. The molecule has 0 N–H and O–H groups in total. The molecule has 0 aromatic heterocycles. The molecule has 1 heterocycles. The van der Waals surface area contributed by atoms with Gasteiger partial charge < -0.3 is 9.47 Å². The van der Waals surface area contributed by atoms with Crippen molar-refractivity contribution in [1.29, 1.82) is 0 Å². The van der Waals surface area contributed by atoms with Crippen LogP contribution in [0.3, 0.4) is 0 Å². The first kappa shape index (κ1) is 9.56. The fourth-order valence-electron chi connectivity index (χ4n) is 2.20. The smallest absolute Gasteiger partial charge is 0.283 e. The Bertz CT molecular complexity index is 262. The molecule has 1 spiro atoms. The van der Waals surface area contributed by atoms with Crippen LogP contribution in [0.5, 0.6) is 0 Å². The van der Waals surface area contributed by atoms with E-state index in [9.17, 15) is 4.79 Å². The third kappa shape index (κ3) is 1.51. The summed E-state index contributed by atoms with van der Waals surface area (Å²) in [5.74, 6) is 0.514. The number of hydrogen-bond donors (Lipinski definition) is 0. The first-order valence-electron chi connectivity index (χ1n) is 5.35. The van der Waals surface area contributed by atoms with Gasteiger partial charge in [0.05, 0.1) is 12.7 Å². The standard InChI is InChI=1S/C11H16O3/c1-2-13-10-8-9(12)11(14-10)6-4-3-5-7-11/h8H,2-7H2,1H3. The molecule has 0 radical (unpaired) electrons. The monoisotopic (exact) mass is 196 g/mol. The molecule has 1 aliphatic carbocycles. The van der Waals surface area contributed by atoms with Crippen LogP contribution in [0.1, 0.15) is 39.0 Å². The normalized spacial score (nSPS) is 24.6. The van der Waals surface area contributed by atoms with E-state index in [2.05, 4.69) is 0 Å². The van der Waals surface area contributed by atoms with Crippen LogP contribution in [0.2, 0.25) is 0 Å². The zero-order valence-corrected chi connectivity index (χ0v) is 8.54. The van der Waals surface area contributed by atoms with E-state index >= 15 is 0 Å². The summed E-state index contributed by atoms with van der Waals surface area (Å²) in [6, 6.07) is 0. The van der Waals surface area contributed by atoms with Crippen molar-refractivity contribution < 1.29 is 14.3 Å². The molecule has 78 valence electrons. The third-order valence-corrected chi connectivity index (χ3v) is 2.94. The lowest BCUT2D eigenvalue weighted by atomic mass is 9.82. The van der Waals surface area contributed by atoms with Crippen molar-refractivity contribution in [2.75, 3.05) is 6.61 Å². The fourth-order valence-corrected chi connectivity index (χ4v) is 2.20. The molecule has 0 bridgehead atoms. The van der Waals surface area contributed by atoms with Crippen LogP contribution in [-0.4, -0.2) is 18.0 Å². The summed E-state index contributed by atoms with van der Waals surface area (Å²) in [5, 5.41) is 0. The van der Waals surface area contributed by atoms with Crippen LogP contribution in [-0.2, 0) is 14.3 Å². The summed E-state index contributed by atoms with van der Waals surface area (Å²) in [5.41, 5.74) is -0.553. The van der Waals surface area contributed by atoms with Crippen molar-refractivity contribution in [1.82, 2.24) is 0 Å². The largest absolute Gasteiger partial charge is 0.466 e. The molecule has 1 saturated carbocycles. The molecule has 0 atom stereocenters. The van der Waals surface area contributed by atoms with E-state index in [1.165, 1.54) is 12.5 Å². The minimum Gasteiger partial charge on any atom is -0.466 e. The third-order valence-electron chi connectivity index (χ3n) is 2.94. The molecule has 2 aliphatic rings. The molecule has 1 fully saturated rings. The summed E-state index contributed by atoms with van der Waals surface area (Å²) >= 11 is 0. The van der Waals surface area contributed by atoms with Crippen molar-refractivity contribution in [3.05, 3.63) is 12.0 Å². The number of hydrogen-bond acceptors (Lipinski definition) is 3. The van der Waals surface area contributed by atoms with Crippen LogP contribution in [0.15, 0.2) is 12.0 Å². The Morgan fingerprint density at radius 3 is 2.79 bits per heavy atom. The Hall–Kier alpha value is -0.990. The summed E-state index contributed by atoms with van der Waals surface area (Å²) < 4.78 is 10.9. The van der Waals surface area contributed by atoms with Crippen LogP contribution in [0.4, 0.5) is 0 Å². The van der Waals surface area contributed by atoms with Gasteiger partial charge in [-0.15, -0.1) is 0 Å². The molecule has 3 nitrogen and oxygen atoms in total. The van der Waals surface area contributed by atoms with Crippen molar-refractivity contribution in [2.24, 2.45) is 0 Å². The van der Waals surface area contributed by atoms with E-state index in [1.807, 2.05) is 6.92 Å². The van der Waals surface area contributed by atoms with Gasteiger partial charge in [-0.2, -0.15) is 0 Å². The maximum absolute atomic E-state index is 11.8. The highest BCUT2D eigenvalue weighted by Gasteiger charge is 2.45. The Morgan fingerprint density at radius 2 is 2.14 bits per heavy atom. The van der Waals surface area contributed by atoms with Gasteiger partial charge in [0.15, 0.2) is 5.60 Å². The fraction of sp³-hybridized carbons (Fsp3) is 0.727. The van der Waals surface area contributed by atoms with E-state index in [0.29, 0.717) is 12.6 Å². The van der Waals surface area contributed by atoms with E-state index in [0.717, 1.165) is 25.7 Å². The van der Waals surface area contributed by atoms with Crippen LogP contribution < -0.4 is 0 Å². The van der Waals surface area contributed by atoms with Gasteiger partial charge in [-0.1, -0.05) is 6.42 Å². The number of ketones is 1. The highest BCUT2D eigenvalue weighted by molar-refractivity contribution is 5.99. The van der Waals surface area contributed by atoms with Crippen LogP contribution in [0, 0.1) is 0 Å². The summed E-state index contributed by atoms with van der Waals surface area (Å²) in [6.07, 6.45) is 6.58. The maximum atomic E-state index is 11.8. The topological polar surface area (TPSA) is 35.5 Å². The van der Waals surface area contributed by atoms with Gasteiger partial charge in [0.1, 0.15) is 0 Å². The quantitative estimate of drug-likeness (QED) is 0.679. The first-order valence-corrected chi connectivity index (χ1v) is 5.35. The van der Waals surface area contributed by atoms with E-state index < -0.39 is 5.60 Å². The van der Waals surface area contributed by atoms with Gasteiger partial charge in [0, 0.05) is 0 Å². The average Bonchev–Trinajstić information content (AvgIpc) is 2.45. The SMILES string of the molecule is CCOC1=CC(=O)C2(CCCCC2)O1. The van der Waals surface area contributed by atoms with E-state index in [-0.39, 0.29) is 5.78 Å². The van der Waals surface area contributed by atoms with Gasteiger partial charge in [-0.3, -0.25) is 4.79 Å². The summed E-state index contributed by atoms with van der Waals surface area (Å²) in [6.45, 7) is 2.44. The summed E-state index contributed by atoms with van der Waals surface area (Å²) in [7, 11) is 0. The van der Waals surface area contributed by atoms with Crippen molar-refractivity contribution >= 4 is 5.78 Å². The lowest BCUT2D eigenvalue weighted by Gasteiger charge is -2.31. The second-order valence-corrected chi connectivity index (χ2v) is 3.92. The second kappa shape index (κ2) is 3.64. The number of rotatable bonds is 2. The lowest BCUT2D eigenvalue weighted by Crippen LogP contribution is -2.38. The predicted molar refractivity (Wildman–Crippen MR) is 51.6 cm³/mol. The molecule has 0 aromatic carbocycles. The molecule has 0 unspecified atom stereocenters. The van der Waals surface area contributed by atoms with Gasteiger partial charge in [-0.25, -0.2) is 0 Å². The predicted octanol–water partition coefficient (Wildman–Crippen LogP) is 2.17. The molecule has 2 rings (SSSR count). The Morgan fingerprint density at radius 1 is 1.43 bits per heavy atom. The number of ether oxygens (including phenoxy) is 2. The van der Waals surface area contributed by atoms with E-state index in [4.69, 9.17) is 9.47 Å². The molecule has 3 heteroatoms. The molecule has 14 heavy (non-hydrogen) atoms. The number of carbonyl (C=O) groups excluding carboxylic acids is 1. The van der Waals surface area contributed by atoms with Crippen LogP contribution >= 0.6 is 0 Å². The van der Waals surface area contributed by atoms with Gasteiger partial charge >= 0.3 is 0 Å². The van der Waals surface area contributed by atoms with Crippen molar-refractivity contribution in [3.8, 4) is 0 Å². The average molecular weight is 196 g/mol. The minimum absolute atomic E-state index is 0.0978. The van der Waals surface area contributed by atoms with Gasteiger partial charge in [0.25, 0.3) is 5.95 Å². The summed E-state index contributed by atoms with van der Waals surface area (Å²) in [4.78, 5) is 11.8. The first-order chi connectivity index (χ1) is 6.77. The van der Waals surface area contributed by atoms with Crippen molar-refractivity contribution in [2.45, 2.75) is 44.6 Å². The molecule has 1 aliphatic heterocycles. The molecule has 0 amide bonds. The highest BCUT2D eigenvalue weighted by Crippen LogP contribution is 2.38. The van der Waals surface area contributed by atoms with E-state index in [1.54, 1.807) is 0 Å². The second-order valence-electron chi connectivity index (χ2n) is 3.92. The molecular weight excluding hydrogens is 180 g/mol. The Kier molecular flexibility index (Phi) is 2.48. The zero-order valence-electron chi connectivity index (χ0n) is 8.54. The highest BCUT2D eigenvalue weighted by atomic mass is 16.7. The van der Waals surface area contributed by atoms with Crippen LogP contribution in [0.25, 0.3) is 0 Å². The Labute approximate surface area is 84.1 Å². The molecule has 0 saturated heterocycles.